The second-order valence-corrected chi connectivity index (χ2v) is 7.83. The minimum absolute atomic E-state index is 0.0412. The van der Waals surface area contributed by atoms with Crippen LogP contribution < -0.4 is 5.32 Å². The first-order chi connectivity index (χ1) is 8.78. The molecule has 6 nitrogen and oxygen atoms in total. The monoisotopic (exact) mass is 349 g/mol. The van der Waals surface area contributed by atoms with Gasteiger partial charge in [-0.05, 0) is 36.2 Å². The van der Waals surface area contributed by atoms with Gasteiger partial charge in [0.15, 0.2) is 9.84 Å². The SMILES string of the molecule is Cc1nn(CC(=O)NC2CCS(=O)(=O)C2)c(C)c1Br. The summed E-state index contributed by atoms with van der Waals surface area (Å²) < 4.78 is 25.1. The van der Waals surface area contributed by atoms with Crippen LogP contribution in [0.15, 0.2) is 4.47 Å². The summed E-state index contributed by atoms with van der Waals surface area (Å²) in [7, 11) is -2.97. The number of nitrogens with zero attached hydrogens (tertiary/aromatic N) is 2. The maximum atomic E-state index is 11.9. The van der Waals surface area contributed by atoms with Crippen LogP contribution in [0.2, 0.25) is 0 Å². The molecule has 2 rings (SSSR count). The minimum atomic E-state index is -2.97. The lowest BCUT2D eigenvalue weighted by molar-refractivity contribution is -0.122. The van der Waals surface area contributed by atoms with Crippen molar-refractivity contribution < 1.29 is 13.2 Å². The van der Waals surface area contributed by atoms with Gasteiger partial charge in [-0.15, -0.1) is 0 Å². The van der Waals surface area contributed by atoms with Gasteiger partial charge in [-0.25, -0.2) is 8.42 Å². The molecule has 19 heavy (non-hydrogen) atoms. The summed E-state index contributed by atoms with van der Waals surface area (Å²) in [4.78, 5) is 11.9. The first-order valence-corrected chi connectivity index (χ1v) is 8.59. The van der Waals surface area contributed by atoms with Gasteiger partial charge < -0.3 is 5.32 Å². The second kappa shape index (κ2) is 5.24. The summed E-state index contributed by atoms with van der Waals surface area (Å²) in [5.74, 6) is -0.0108. The average molecular weight is 350 g/mol. The Hall–Kier alpha value is -0.890. The number of carbonyl (C=O) groups excluding carboxylic acids is 1. The van der Waals surface area contributed by atoms with Gasteiger partial charge in [0.1, 0.15) is 6.54 Å². The summed E-state index contributed by atoms with van der Waals surface area (Å²) in [6.45, 7) is 3.83. The highest BCUT2D eigenvalue weighted by molar-refractivity contribution is 9.10. The number of hydrogen-bond acceptors (Lipinski definition) is 4. The molecule has 1 unspecified atom stereocenters. The van der Waals surface area contributed by atoms with Gasteiger partial charge >= 0.3 is 0 Å². The molecule has 1 atom stereocenters. The van der Waals surface area contributed by atoms with E-state index in [2.05, 4.69) is 26.3 Å². The van der Waals surface area contributed by atoms with Gasteiger partial charge in [-0.1, -0.05) is 0 Å². The van der Waals surface area contributed by atoms with Crippen molar-refractivity contribution in [2.24, 2.45) is 0 Å². The maximum absolute atomic E-state index is 11.9. The summed E-state index contributed by atoms with van der Waals surface area (Å²) in [6.07, 6.45) is 0.495. The fourth-order valence-corrected chi connectivity index (χ4v) is 4.10. The van der Waals surface area contributed by atoms with Gasteiger partial charge in [0.05, 0.1) is 27.4 Å². The predicted octanol–water partition coefficient (Wildman–Crippen LogP) is 0.566. The molecule has 1 saturated heterocycles. The Kier molecular flexibility index (Phi) is 4.00. The number of rotatable bonds is 3. The number of hydrogen-bond donors (Lipinski definition) is 1. The zero-order valence-corrected chi connectivity index (χ0v) is 13.2. The van der Waals surface area contributed by atoms with Gasteiger partial charge in [0.2, 0.25) is 5.91 Å². The zero-order chi connectivity index (χ0) is 14.2. The molecular weight excluding hydrogens is 334 g/mol. The Morgan fingerprint density at radius 2 is 2.21 bits per heavy atom. The molecule has 106 valence electrons. The number of carbonyl (C=O) groups is 1. The fourth-order valence-electron chi connectivity index (χ4n) is 2.15. The lowest BCUT2D eigenvalue weighted by Gasteiger charge is -2.11. The normalized spacial score (nSPS) is 21.5. The second-order valence-electron chi connectivity index (χ2n) is 4.81. The maximum Gasteiger partial charge on any atom is 0.241 e. The molecule has 0 bridgehead atoms. The van der Waals surface area contributed by atoms with Crippen LogP contribution in [0.5, 0.6) is 0 Å². The Balaban J connectivity index is 1.97. The van der Waals surface area contributed by atoms with E-state index in [1.165, 1.54) is 0 Å². The van der Waals surface area contributed by atoms with Crippen LogP contribution in [0, 0.1) is 13.8 Å². The van der Waals surface area contributed by atoms with E-state index in [0.29, 0.717) is 6.42 Å². The van der Waals surface area contributed by atoms with Gasteiger partial charge in [0, 0.05) is 6.04 Å². The highest BCUT2D eigenvalue weighted by atomic mass is 79.9. The predicted molar refractivity (Wildman–Crippen MR) is 74.6 cm³/mol. The molecule has 0 radical (unpaired) electrons. The Bertz CT molecular complexity index is 609. The fraction of sp³-hybridized carbons (Fsp3) is 0.636. The molecular formula is C11H16BrN3O3S. The van der Waals surface area contributed by atoms with E-state index in [1.807, 2.05) is 13.8 Å². The van der Waals surface area contributed by atoms with Crippen LogP contribution in [0.3, 0.4) is 0 Å². The highest BCUT2D eigenvalue weighted by Crippen LogP contribution is 2.19. The smallest absolute Gasteiger partial charge is 0.241 e. The van der Waals surface area contributed by atoms with E-state index in [-0.39, 0.29) is 30.0 Å². The van der Waals surface area contributed by atoms with Crippen molar-refractivity contribution in [1.29, 1.82) is 0 Å². The molecule has 1 amide bonds. The first-order valence-electron chi connectivity index (χ1n) is 5.98. The number of aryl methyl sites for hydroxylation is 1. The third kappa shape index (κ3) is 3.36. The Morgan fingerprint density at radius 1 is 1.53 bits per heavy atom. The van der Waals surface area contributed by atoms with E-state index < -0.39 is 9.84 Å². The first kappa shape index (κ1) is 14.5. The van der Waals surface area contributed by atoms with Crippen molar-refractivity contribution in [1.82, 2.24) is 15.1 Å². The van der Waals surface area contributed by atoms with Crippen molar-refractivity contribution in [2.45, 2.75) is 32.9 Å². The summed E-state index contributed by atoms with van der Waals surface area (Å²) >= 11 is 3.40. The van der Waals surface area contributed by atoms with Crippen molar-refractivity contribution in [2.75, 3.05) is 11.5 Å². The molecule has 1 aliphatic rings. The molecule has 1 aliphatic heterocycles. The largest absolute Gasteiger partial charge is 0.351 e. The molecule has 0 spiro atoms. The quantitative estimate of drug-likeness (QED) is 0.864. The molecule has 0 aliphatic carbocycles. The van der Waals surface area contributed by atoms with Crippen LogP contribution in [-0.2, 0) is 21.2 Å². The molecule has 0 aromatic carbocycles. The average Bonchev–Trinajstić information content (AvgIpc) is 2.75. The van der Waals surface area contributed by atoms with Crippen LogP contribution >= 0.6 is 15.9 Å². The number of amides is 1. The zero-order valence-electron chi connectivity index (χ0n) is 10.8. The lowest BCUT2D eigenvalue weighted by Crippen LogP contribution is -2.38. The molecule has 0 saturated carbocycles. The molecule has 1 N–H and O–H groups in total. The molecule has 1 aromatic heterocycles. The highest BCUT2D eigenvalue weighted by Gasteiger charge is 2.29. The van der Waals surface area contributed by atoms with Gasteiger partial charge in [0.25, 0.3) is 0 Å². The molecule has 8 heteroatoms. The van der Waals surface area contributed by atoms with Crippen molar-refractivity contribution in [3.63, 3.8) is 0 Å². The van der Waals surface area contributed by atoms with Gasteiger partial charge in [-0.2, -0.15) is 5.10 Å². The van der Waals surface area contributed by atoms with Crippen LogP contribution in [-0.4, -0.2) is 41.7 Å². The Morgan fingerprint density at radius 3 is 2.68 bits per heavy atom. The van der Waals surface area contributed by atoms with Crippen LogP contribution in [0.25, 0.3) is 0 Å². The molecule has 1 aromatic rings. The van der Waals surface area contributed by atoms with Crippen LogP contribution in [0.1, 0.15) is 17.8 Å². The Labute approximate surface area is 120 Å². The van der Waals surface area contributed by atoms with Gasteiger partial charge in [-0.3, -0.25) is 9.48 Å². The number of sulfone groups is 1. The topological polar surface area (TPSA) is 81.1 Å². The van der Waals surface area contributed by atoms with E-state index in [1.54, 1.807) is 4.68 Å². The van der Waals surface area contributed by atoms with E-state index in [9.17, 15) is 13.2 Å². The van der Waals surface area contributed by atoms with Crippen molar-refractivity contribution >= 4 is 31.7 Å². The van der Waals surface area contributed by atoms with E-state index >= 15 is 0 Å². The third-order valence-electron chi connectivity index (χ3n) is 3.18. The summed E-state index contributed by atoms with van der Waals surface area (Å²) in [5, 5.41) is 6.99. The van der Waals surface area contributed by atoms with Crippen LogP contribution in [0.4, 0.5) is 0 Å². The van der Waals surface area contributed by atoms with Crippen molar-refractivity contribution in [3.05, 3.63) is 15.9 Å². The van der Waals surface area contributed by atoms with E-state index in [0.717, 1.165) is 15.9 Å². The lowest BCUT2D eigenvalue weighted by atomic mass is 10.2. The number of nitrogens with one attached hydrogen (secondary N) is 1. The number of halogens is 1. The van der Waals surface area contributed by atoms with Crippen molar-refractivity contribution in [3.8, 4) is 0 Å². The summed E-state index contributed by atoms with van der Waals surface area (Å²) in [5.41, 5.74) is 1.71. The molecule has 1 fully saturated rings. The summed E-state index contributed by atoms with van der Waals surface area (Å²) in [6, 6.07) is -0.266. The van der Waals surface area contributed by atoms with E-state index in [4.69, 9.17) is 0 Å². The third-order valence-corrected chi connectivity index (χ3v) is 6.10. The number of aromatic nitrogens is 2. The minimum Gasteiger partial charge on any atom is -0.351 e. The molecule has 2 heterocycles. The standard InChI is InChI=1S/C11H16BrN3O3S/c1-7-11(12)8(2)15(14-7)5-10(16)13-9-3-4-19(17,18)6-9/h9H,3-6H2,1-2H3,(H,13,16).